The van der Waals surface area contributed by atoms with Gasteiger partial charge in [-0.15, -0.1) is 0 Å². The van der Waals surface area contributed by atoms with E-state index in [0.29, 0.717) is 12.3 Å². The molecule has 0 spiro atoms. The highest BCUT2D eigenvalue weighted by molar-refractivity contribution is 5.99. The second-order valence-electron chi connectivity index (χ2n) is 7.99. The van der Waals surface area contributed by atoms with Crippen molar-refractivity contribution in [3.63, 3.8) is 0 Å². The predicted molar refractivity (Wildman–Crippen MR) is 121 cm³/mol. The first-order valence-corrected chi connectivity index (χ1v) is 11.0. The van der Waals surface area contributed by atoms with E-state index >= 15 is 0 Å². The van der Waals surface area contributed by atoms with Crippen LogP contribution >= 0.6 is 0 Å². The molecule has 1 aliphatic rings. The number of furan rings is 1. The normalized spacial score (nSPS) is 14.8. The van der Waals surface area contributed by atoms with Crippen LogP contribution < -0.4 is 16.1 Å². The lowest BCUT2D eigenvalue weighted by molar-refractivity contribution is 0.0936. The molecule has 1 aromatic carbocycles. The smallest absolute Gasteiger partial charge is 0.257 e. The zero-order valence-electron chi connectivity index (χ0n) is 18.0. The first-order valence-electron chi connectivity index (χ1n) is 11.0. The molecular weight excluding hydrogens is 406 g/mol. The maximum atomic E-state index is 13.3. The molecule has 7 heteroatoms. The van der Waals surface area contributed by atoms with Crippen LogP contribution in [0.3, 0.4) is 0 Å². The number of hydrogen-bond donors (Lipinski definition) is 2. The largest absolute Gasteiger partial charge is 0.467 e. The number of hydrogen-bond acceptors (Lipinski definition) is 4. The first kappa shape index (κ1) is 21.6. The topological polar surface area (TPSA) is 93.3 Å². The Labute approximate surface area is 186 Å². The number of rotatable bonds is 7. The minimum Gasteiger partial charge on any atom is -0.467 e. The van der Waals surface area contributed by atoms with Gasteiger partial charge in [-0.1, -0.05) is 43.2 Å². The van der Waals surface area contributed by atoms with E-state index < -0.39 is 23.3 Å². The van der Waals surface area contributed by atoms with Crippen molar-refractivity contribution in [3.8, 4) is 0 Å². The Balaban J connectivity index is 1.73. The fourth-order valence-corrected chi connectivity index (χ4v) is 4.22. The summed E-state index contributed by atoms with van der Waals surface area (Å²) in [6, 6.07) is 12.5. The predicted octanol–water partition coefficient (Wildman–Crippen LogP) is 3.83. The number of nitrogens with zero attached hydrogens (tertiary/aromatic N) is 1. The van der Waals surface area contributed by atoms with Gasteiger partial charge in [-0.05, 0) is 37.5 Å². The van der Waals surface area contributed by atoms with Gasteiger partial charge < -0.3 is 19.6 Å². The number of benzene rings is 1. The Morgan fingerprint density at radius 2 is 1.72 bits per heavy atom. The molecule has 4 rings (SSSR count). The van der Waals surface area contributed by atoms with Gasteiger partial charge in [0, 0.05) is 25.0 Å². The Morgan fingerprint density at radius 1 is 1.03 bits per heavy atom. The van der Waals surface area contributed by atoms with Crippen molar-refractivity contribution < 1.29 is 14.0 Å². The third kappa shape index (κ3) is 4.51. The average Bonchev–Trinajstić information content (AvgIpc) is 3.53. The molecule has 2 heterocycles. The summed E-state index contributed by atoms with van der Waals surface area (Å²) in [5.41, 5.74) is 0.189. The Kier molecular flexibility index (Phi) is 6.54. The Bertz CT molecular complexity index is 1130. The summed E-state index contributed by atoms with van der Waals surface area (Å²) >= 11 is 0. The van der Waals surface area contributed by atoms with E-state index in [9.17, 15) is 14.4 Å². The highest BCUT2D eigenvalue weighted by atomic mass is 16.3. The van der Waals surface area contributed by atoms with Gasteiger partial charge in [0.15, 0.2) is 0 Å². The minimum atomic E-state index is -0.575. The summed E-state index contributed by atoms with van der Waals surface area (Å²) in [6.07, 6.45) is 8.80. The standard InChI is InChI=1S/C25H27N3O4/c1-2-26-24(30)19-15-28(18-11-6-7-12-18)16-20(23(19)29)25(31)27-22(21-13-8-14-32-21)17-9-4-3-5-10-17/h3-5,8-10,13-16,18,22H,2,6-7,11-12H2,1H3,(H,26,30)(H,27,31). The third-order valence-electron chi connectivity index (χ3n) is 5.85. The van der Waals surface area contributed by atoms with Gasteiger partial charge >= 0.3 is 0 Å². The zero-order chi connectivity index (χ0) is 22.5. The van der Waals surface area contributed by atoms with Crippen molar-refractivity contribution >= 4 is 11.8 Å². The van der Waals surface area contributed by atoms with Gasteiger partial charge in [0.25, 0.3) is 11.8 Å². The number of aromatic nitrogens is 1. The highest BCUT2D eigenvalue weighted by Crippen LogP contribution is 2.29. The first-order chi connectivity index (χ1) is 15.6. The maximum absolute atomic E-state index is 13.3. The van der Waals surface area contributed by atoms with Gasteiger partial charge in [0.05, 0.1) is 6.26 Å². The van der Waals surface area contributed by atoms with Crippen LogP contribution in [0, 0.1) is 0 Å². The van der Waals surface area contributed by atoms with E-state index in [-0.39, 0.29) is 17.2 Å². The van der Waals surface area contributed by atoms with Gasteiger partial charge in [-0.3, -0.25) is 14.4 Å². The van der Waals surface area contributed by atoms with Crippen LogP contribution in [0.2, 0.25) is 0 Å². The van der Waals surface area contributed by atoms with Gasteiger partial charge in [-0.2, -0.15) is 0 Å². The van der Waals surface area contributed by atoms with Crippen LogP contribution in [0.1, 0.15) is 76.7 Å². The molecule has 2 aromatic heterocycles. The molecule has 1 atom stereocenters. The maximum Gasteiger partial charge on any atom is 0.257 e. The minimum absolute atomic E-state index is 0.0133. The molecule has 2 amide bonds. The van der Waals surface area contributed by atoms with Crippen LogP contribution in [-0.4, -0.2) is 22.9 Å². The van der Waals surface area contributed by atoms with E-state index in [2.05, 4.69) is 10.6 Å². The Morgan fingerprint density at radius 3 is 2.34 bits per heavy atom. The van der Waals surface area contributed by atoms with Crippen LogP contribution in [0.4, 0.5) is 0 Å². The molecule has 1 fully saturated rings. The molecule has 1 unspecified atom stereocenters. The van der Waals surface area contributed by atoms with Crippen molar-refractivity contribution in [2.45, 2.75) is 44.7 Å². The van der Waals surface area contributed by atoms with Crippen LogP contribution in [-0.2, 0) is 0 Å². The summed E-state index contributed by atoms with van der Waals surface area (Å²) < 4.78 is 7.41. The van der Waals surface area contributed by atoms with Crippen molar-refractivity contribution in [1.82, 2.24) is 15.2 Å². The van der Waals surface area contributed by atoms with E-state index in [1.165, 1.54) is 0 Å². The number of carbonyl (C=O) groups is 2. The Hall–Kier alpha value is -3.61. The third-order valence-corrected chi connectivity index (χ3v) is 5.85. The van der Waals surface area contributed by atoms with Crippen molar-refractivity contribution in [2.24, 2.45) is 0 Å². The molecule has 166 valence electrons. The summed E-state index contributed by atoms with van der Waals surface area (Å²) in [4.78, 5) is 39.1. The lowest BCUT2D eigenvalue weighted by Gasteiger charge is -2.20. The fourth-order valence-electron chi connectivity index (χ4n) is 4.22. The lowest BCUT2D eigenvalue weighted by Crippen LogP contribution is -2.37. The van der Waals surface area contributed by atoms with Gasteiger partial charge in [0.2, 0.25) is 5.43 Å². The molecule has 0 saturated heterocycles. The molecule has 32 heavy (non-hydrogen) atoms. The molecule has 0 bridgehead atoms. The molecule has 7 nitrogen and oxygen atoms in total. The SMILES string of the molecule is CCNC(=O)c1cn(C2CCCC2)cc(C(=O)NC(c2ccccc2)c2ccco2)c1=O. The van der Waals surface area contributed by atoms with Crippen LogP contribution in [0.15, 0.2) is 70.3 Å². The number of pyridine rings is 1. The van der Waals surface area contributed by atoms with E-state index in [4.69, 9.17) is 4.42 Å². The number of carbonyl (C=O) groups excluding carboxylic acids is 2. The van der Waals surface area contributed by atoms with Crippen molar-refractivity contribution in [2.75, 3.05) is 6.54 Å². The van der Waals surface area contributed by atoms with Crippen molar-refractivity contribution in [1.29, 1.82) is 0 Å². The quantitative estimate of drug-likeness (QED) is 0.592. The van der Waals surface area contributed by atoms with Gasteiger partial charge in [0.1, 0.15) is 22.9 Å². The van der Waals surface area contributed by atoms with E-state index in [1.807, 2.05) is 34.9 Å². The monoisotopic (exact) mass is 433 g/mol. The van der Waals surface area contributed by atoms with Crippen LogP contribution in [0.5, 0.6) is 0 Å². The summed E-state index contributed by atoms with van der Waals surface area (Å²) in [6.45, 7) is 2.18. The summed E-state index contributed by atoms with van der Waals surface area (Å²) in [7, 11) is 0. The second-order valence-corrected chi connectivity index (χ2v) is 7.99. The highest BCUT2D eigenvalue weighted by Gasteiger charge is 2.26. The van der Waals surface area contributed by atoms with E-state index in [0.717, 1.165) is 31.2 Å². The molecule has 0 radical (unpaired) electrons. The number of amides is 2. The van der Waals surface area contributed by atoms with Gasteiger partial charge in [-0.25, -0.2) is 0 Å². The molecule has 1 aliphatic carbocycles. The molecule has 0 aliphatic heterocycles. The second kappa shape index (κ2) is 9.68. The average molecular weight is 434 g/mol. The summed E-state index contributed by atoms with van der Waals surface area (Å²) in [5.74, 6) is -0.455. The molecule has 2 N–H and O–H groups in total. The van der Waals surface area contributed by atoms with Crippen LogP contribution in [0.25, 0.3) is 0 Å². The lowest BCUT2D eigenvalue weighted by atomic mass is 10.0. The van der Waals surface area contributed by atoms with E-state index in [1.54, 1.807) is 37.7 Å². The summed E-state index contributed by atoms with van der Waals surface area (Å²) in [5, 5.41) is 5.61. The fraction of sp³-hybridized carbons (Fsp3) is 0.320. The zero-order valence-corrected chi connectivity index (χ0v) is 18.0. The molecule has 1 saturated carbocycles. The number of nitrogens with one attached hydrogen (secondary N) is 2. The molecular formula is C25H27N3O4. The molecule has 3 aromatic rings. The van der Waals surface area contributed by atoms with Crippen molar-refractivity contribution in [3.05, 3.63) is 93.8 Å².